The van der Waals surface area contributed by atoms with Crippen molar-refractivity contribution >= 4 is 30.0 Å². The molecule has 1 fully saturated rings. The van der Waals surface area contributed by atoms with E-state index >= 15 is 0 Å². The molecule has 0 amide bonds. The van der Waals surface area contributed by atoms with E-state index in [2.05, 4.69) is 32.6 Å². The Bertz CT molecular complexity index is 1290. The van der Waals surface area contributed by atoms with Crippen LogP contribution >= 0.6 is 0 Å². The van der Waals surface area contributed by atoms with E-state index in [1.807, 2.05) is 0 Å². The first-order valence-electron chi connectivity index (χ1n) is 30.5. The predicted octanol–water partition coefficient (Wildman–Crippen LogP) is 16.2. The van der Waals surface area contributed by atoms with Gasteiger partial charge in [-0.05, 0) is 122 Å². The van der Waals surface area contributed by atoms with E-state index in [1.54, 1.807) is 0 Å². The van der Waals surface area contributed by atoms with Crippen LogP contribution in [-0.2, 0) is 47.6 Å². The van der Waals surface area contributed by atoms with Crippen molar-refractivity contribution in [3.63, 3.8) is 0 Å². The van der Waals surface area contributed by atoms with Gasteiger partial charge in [-0.25, -0.2) is 9.59 Å². The van der Waals surface area contributed by atoms with E-state index in [0.29, 0.717) is 32.1 Å². The molecule has 1 rings (SSSR count). The molecule has 1 aliphatic rings. The molecule has 422 valence electrons. The molecule has 0 aromatic heterocycles. The van der Waals surface area contributed by atoms with Crippen molar-refractivity contribution in [2.24, 2.45) is 0 Å². The first-order valence-corrected chi connectivity index (χ1v) is 30.5. The number of hydrogen-bond acceptors (Lipinski definition) is 12. The maximum atomic E-state index is 13.2. The second kappa shape index (κ2) is 50.3. The number of unbranched alkanes of at least 4 members (excludes halogenated alkanes) is 25. The van der Waals surface area contributed by atoms with Crippen LogP contribution in [0, 0.1) is 0 Å². The zero-order chi connectivity index (χ0) is 52.4. The highest BCUT2D eigenvalue weighted by Crippen LogP contribution is 2.20. The quantitative estimate of drug-likeness (QED) is 0.0325. The van der Waals surface area contributed by atoms with Crippen LogP contribution in [0.2, 0.25) is 0 Å². The molecule has 1 saturated heterocycles. The van der Waals surface area contributed by atoms with Crippen LogP contribution in [0.5, 0.6) is 0 Å². The Morgan fingerprint density at radius 2 is 0.736 bits per heavy atom. The third-order valence-electron chi connectivity index (χ3n) is 14.1. The molecule has 0 bridgehead atoms. The molecule has 0 aromatic carbocycles. The Morgan fingerprint density at radius 3 is 1.21 bits per heavy atom. The van der Waals surface area contributed by atoms with Gasteiger partial charge in [0.25, 0.3) is 0 Å². The van der Waals surface area contributed by atoms with Gasteiger partial charge in [0.15, 0.2) is 0 Å². The lowest BCUT2D eigenvalue weighted by Gasteiger charge is -2.18. The van der Waals surface area contributed by atoms with Crippen molar-refractivity contribution in [3.05, 3.63) is 0 Å². The van der Waals surface area contributed by atoms with E-state index in [4.69, 9.17) is 28.4 Å². The van der Waals surface area contributed by atoms with Gasteiger partial charge in [0, 0.05) is 25.7 Å². The SMILES string of the molecule is CCCCCCCCC(CCCCCC)OC(=O)CCCCCCCOC(=O)CCC(OC(=O)OCCCCN1CCCC1)C(=O)OCCCCCCCC(=O)OC(CCCCCC)CCCCCCCC. The van der Waals surface area contributed by atoms with Gasteiger partial charge in [-0.1, -0.05) is 169 Å². The Labute approximate surface area is 441 Å². The van der Waals surface area contributed by atoms with Gasteiger partial charge in [-0.3, -0.25) is 14.4 Å². The van der Waals surface area contributed by atoms with Crippen molar-refractivity contribution in [1.29, 1.82) is 0 Å². The largest absolute Gasteiger partial charge is 0.509 e. The lowest BCUT2D eigenvalue weighted by molar-refractivity contribution is -0.157. The van der Waals surface area contributed by atoms with Gasteiger partial charge in [-0.2, -0.15) is 0 Å². The van der Waals surface area contributed by atoms with E-state index in [9.17, 15) is 24.0 Å². The zero-order valence-electron chi connectivity index (χ0n) is 47.1. The second-order valence-electron chi connectivity index (χ2n) is 21.0. The lowest BCUT2D eigenvalue weighted by Crippen LogP contribution is -2.31. The molecule has 3 unspecified atom stereocenters. The first kappa shape index (κ1) is 67.1. The Kier molecular flexibility index (Phi) is 46.9. The Hall–Kier alpha value is -2.89. The molecule has 12 heteroatoms. The fraction of sp³-hybridized carbons (Fsp3) is 0.917. The standard InChI is InChI=1S/C60H111NO11/c1-5-9-13-17-21-29-41-53(39-27-15-11-7-3)70-57(63)43-31-23-19-25-36-50-67-56(62)46-45-55(72-60(66)69-52-38-35-49-61-47-33-34-48-61)59(65)68-51-37-26-20-24-32-44-58(64)71-54(40-28-16-12-8-4)42-30-22-18-14-10-6-2/h53-55H,5-52H2,1-4H3. The third-order valence-corrected chi connectivity index (χ3v) is 14.1. The summed E-state index contributed by atoms with van der Waals surface area (Å²) in [6.45, 7) is 12.7. The van der Waals surface area contributed by atoms with Crippen LogP contribution in [0.25, 0.3) is 0 Å². The normalized spacial score (nSPS) is 13.9. The third kappa shape index (κ3) is 42.5. The highest BCUT2D eigenvalue weighted by atomic mass is 16.7. The number of carbonyl (C=O) groups is 5. The molecule has 12 nitrogen and oxygen atoms in total. The minimum atomic E-state index is -1.28. The van der Waals surface area contributed by atoms with Gasteiger partial charge < -0.3 is 33.3 Å². The van der Waals surface area contributed by atoms with Crippen LogP contribution < -0.4 is 0 Å². The van der Waals surface area contributed by atoms with Gasteiger partial charge in [0.1, 0.15) is 12.2 Å². The zero-order valence-corrected chi connectivity index (χ0v) is 47.1. The topological polar surface area (TPSA) is 144 Å². The Balaban J connectivity index is 2.43. The monoisotopic (exact) mass is 1020 g/mol. The number of carbonyl (C=O) groups excluding carboxylic acids is 5. The second-order valence-corrected chi connectivity index (χ2v) is 21.0. The van der Waals surface area contributed by atoms with Crippen molar-refractivity contribution < 1.29 is 52.4 Å². The highest BCUT2D eigenvalue weighted by Gasteiger charge is 2.27. The van der Waals surface area contributed by atoms with Gasteiger partial charge in [0.2, 0.25) is 6.10 Å². The minimum absolute atomic E-state index is 0.0275. The highest BCUT2D eigenvalue weighted by molar-refractivity contribution is 5.78. The van der Waals surface area contributed by atoms with E-state index < -0.39 is 24.2 Å². The maximum absolute atomic E-state index is 13.2. The van der Waals surface area contributed by atoms with Crippen molar-refractivity contribution in [2.75, 3.05) is 39.5 Å². The molecular weight excluding hydrogens is 911 g/mol. The molecule has 1 heterocycles. The molecule has 0 spiro atoms. The number of nitrogens with zero attached hydrogens (tertiary/aromatic N) is 1. The maximum Gasteiger partial charge on any atom is 0.509 e. The molecule has 0 aromatic rings. The molecule has 0 radical (unpaired) electrons. The van der Waals surface area contributed by atoms with Crippen molar-refractivity contribution in [3.8, 4) is 0 Å². The molecule has 1 aliphatic heterocycles. The molecule has 0 N–H and O–H groups in total. The molecule has 0 aliphatic carbocycles. The number of ether oxygens (including phenoxy) is 6. The fourth-order valence-corrected chi connectivity index (χ4v) is 9.47. The summed E-state index contributed by atoms with van der Waals surface area (Å²) in [5.74, 6) is -1.35. The summed E-state index contributed by atoms with van der Waals surface area (Å²) in [5, 5.41) is 0. The molecule has 3 atom stereocenters. The summed E-state index contributed by atoms with van der Waals surface area (Å²) in [6, 6.07) is 0. The van der Waals surface area contributed by atoms with Crippen LogP contribution in [0.15, 0.2) is 0 Å². The first-order chi connectivity index (χ1) is 35.2. The number of likely N-dealkylation sites (tertiary alicyclic amines) is 1. The summed E-state index contributed by atoms with van der Waals surface area (Å²) in [4.78, 5) is 66.4. The number of rotatable bonds is 52. The predicted molar refractivity (Wildman–Crippen MR) is 291 cm³/mol. The summed E-state index contributed by atoms with van der Waals surface area (Å²) in [6.07, 6.45) is 38.9. The lowest BCUT2D eigenvalue weighted by atomic mass is 10.0. The van der Waals surface area contributed by atoms with Crippen LogP contribution in [0.3, 0.4) is 0 Å². The Morgan fingerprint density at radius 1 is 0.361 bits per heavy atom. The van der Waals surface area contributed by atoms with Gasteiger partial charge in [-0.15, -0.1) is 0 Å². The van der Waals surface area contributed by atoms with Gasteiger partial charge in [0.05, 0.1) is 19.8 Å². The number of esters is 4. The van der Waals surface area contributed by atoms with E-state index in [0.717, 1.165) is 129 Å². The molecular formula is C60H111NO11. The van der Waals surface area contributed by atoms with Crippen LogP contribution in [0.1, 0.15) is 297 Å². The van der Waals surface area contributed by atoms with Crippen molar-refractivity contribution in [1.82, 2.24) is 4.90 Å². The summed E-state index contributed by atoms with van der Waals surface area (Å²) in [5.41, 5.74) is 0. The van der Waals surface area contributed by atoms with Crippen molar-refractivity contribution in [2.45, 2.75) is 316 Å². The summed E-state index contributed by atoms with van der Waals surface area (Å²) < 4.78 is 33.7. The van der Waals surface area contributed by atoms with Gasteiger partial charge >= 0.3 is 30.0 Å². The molecule has 0 saturated carbocycles. The summed E-state index contributed by atoms with van der Waals surface area (Å²) >= 11 is 0. The van der Waals surface area contributed by atoms with E-state index in [1.165, 1.54) is 116 Å². The van der Waals surface area contributed by atoms with E-state index in [-0.39, 0.29) is 56.8 Å². The molecule has 72 heavy (non-hydrogen) atoms. The van der Waals surface area contributed by atoms with Crippen LogP contribution in [-0.4, -0.2) is 92.7 Å². The minimum Gasteiger partial charge on any atom is -0.466 e. The summed E-state index contributed by atoms with van der Waals surface area (Å²) in [7, 11) is 0. The smallest absolute Gasteiger partial charge is 0.466 e. The average Bonchev–Trinajstić information content (AvgIpc) is 3.90. The fourth-order valence-electron chi connectivity index (χ4n) is 9.47. The average molecular weight is 1020 g/mol. The van der Waals surface area contributed by atoms with Crippen LogP contribution in [0.4, 0.5) is 4.79 Å². The number of hydrogen-bond donors (Lipinski definition) is 0.